The Morgan fingerprint density at radius 2 is 1.97 bits per heavy atom. The maximum absolute atomic E-state index is 13.4. The molecule has 0 bridgehead atoms. The van der Waals surface area contributed by atoms with Gasteiger partial charge in [-0.2, -0.15) is 0 Å². The summed E-state index contributed by atoms with van der Waals surface area (Å²) in [6.07, 6.45) is 1.29. The van der Waals surface area contributed by atoms with E-state index in [0.29, 0.717) is 47.9 Å². The van der Waals surface area contributed by atoms with Gasteiger partial charge in [0, 0.05) is 30.1 Å². The Balaban J connectivity index is 1.44. The first-order valence-corrected chi connectivity index (χ1v) is 11.0. The summed E-state index contributed by atoms with van der Waals surface area (Å²) in [5.41, 5.74) is 1.42. The molecule has 156 valence electrons. The summed E-state index contributed by atoms with van der Waals surface area (Å²) in [7, 11) is 0. The number of halogens is 2. The number of hydrogen-bond donors (Lipinski definition) is 1. The van der Waals surface area contributed by atoms with E-state index in [9.17, 15) is 14.3 Å². The molecule has 1 aromatic heterocycles. The van der Waals surface area contributed by atoms with Crippen LogP contribution in [0, 0.1) is 12.7 Å². The highest BCUT2D eigenvalue weighted by Gasteiger charge is 2.35. The summed E-state index contributed by atoms with van der Waals surface area (Å²) in [6, 6.07) is 13.7. The summed E-state index contributed by atoms with van der Waals surface area (Å²) in [4.78, 5) is 20.0. The molecule has 1 amide bonds. The van der Waals surface area contributed by atoms with Crippen molar-refractivity contribution < 1.29 is 14.3 Å². The summed E-state index contributed by atoms with van der Waals surface area (Å²) in [6.45, 7) is 2.74. The lowest BCUT2D eigenvalue weighted by molar-refractivity contribution is -0.0161. The zero-order chi connectivity index (χ0) is 21.3. The predicted octanol–water partition coefficient (Wildman–Crippen LogP) is 5.12. The molecule has 0 spiro atoms. The number of aromatic nitrogens is 1. The van der Waals surface area contributed by atoms with Gasteiger partial charge in [0.25, 0.3) is 5.91 Å². The van der Waals surface area contributed by atoms with Crippen molar-refractivity contribution in [2.24, 2.45) is 0 Å². The molecule has 2 aromatic carbocycles. The number of thiazole rings is 1. The molecule has 0 atom stereocenters. The van der Waals surface area contributed by atoms with E-state index in [1.165, 1.54) is 23.5 Å². The van der Waals surface area contributed by atoms with Crippen LogP contribution in [0.1, 0.15) is 33.8 Å². The molecule has 0 unspecified atom stereocenters. The summed E-state index contributed by atoms with van der Waals surface area (Å²) in [5.74, 6) is -0.369. The quantitative estimate of drug-likeness (QED) is 0.607. The van der Waals surface area contributed by atoms with Crippen molar-refractivity contribution in [2.45, 2.75) is 31.8 Å². The summed E-state index contributed by atoms with van der Waals surface area (Å²) >= 11 is 7.44. The molecular formula is C23H22ClFN2O2S. The van der Waals surface area contributed by atoms with Crippen LogP contribution < -0.4 is 0 Å². The number of amides is 1. The van der Waals surface area contributed by atoms with Gasteiger partial charge in [-0.05, 0) is 49.6 Å². The second-order valence-electron chi connectivity index (χ2n) is 7.77. The molecule has 1 fully saturated rings. The minimum absolute atomic E-state index is 0.0638. The van der Waals surface area contributed by atoms with Crippen LogP contribution in [0.3, 0.4) is 0 Å². The maximum Gasteiger partial charge on any atom is 0.265 e. The van der Waals surface area contributed by atoms with Gasteiger partial charge in [0.05, 0.1) is 11.3 Å². The lowest BCUT2D eigenvalue weighted by Gasteiger charge is -2.38. The Labute approximate surface area is 184 Å². The fourth-order valence-corrected chi connectivity index (χ4v) is 5.03. The molecule has 4 rings (SSSR count). The molecule has 3 aromatic rings. The Kier molecular flexibility index (Phi) is 5.91. The monoisotopic (exact) mass is 444 g/mol. The van der Waals surface area contributed by atoms with Gasteiger partial charge in [0.1, 0.15) is 15.7 Å². The molecule has 0 saturated carbocycles. The highest BCUT2D eigenvalue weighted by atomic mass is 35.5. The van der Waals surface area contributed by atoms with Gasteiger partial charge in [0.2, 0.25) is 0 Å². The molecule has 30 heavy (non-hydrogen) atoms. The third-order valence-corrected chi connectivity index (χ3v) is 6.90. The second kappa shape index (κ2) is 8.46. The van der Waals surface area contributed by atoms with E-state index < -0.39 is 5.60 Å². The number of likely N-dealkylation sites (tertiary alicyclic amines) is 1. The third kappa shape index (κ3) is 4.56. The van der Waals surface area contributed by atoms with Crippen LogP contribution >= 0.6 is 22.9 Å². The van der Waals surface area contributed by atoms with Crippen LogP contribution in [0.5, 0.6) is 0 Å². The van der Waals surface area contributed by atoms with Crippen LogP contribution in [0.2, 0.25) is 5.02 Å². The molecule has 2 heterocycles. The fourth-order valence-electron chi connectivity index (χ4n) is 3.81. The molecule has 1 aliphatic rings. The summed E-state index contributed by atoms with van der Waals surface area (Å²) < 4.78 is 13.4. The number of rotatable bonds is 4. The van der Waals surface area contributed by atoms with Crippen LogP contribution in [0.4, 0.5) is 4.39 Å². The number of carbonyl (C=O) groups is 1. The van der Waals surface area contributed by atoms with Crippen LogP contribution in [0.15, 0.2) is 48.5 Å². The first kappa shape index (κ1) is 21.0. The predicted molar refractivity (Wildman–Crippen MR) is 117 cm³/mol. The number of aryl methyl sites for hydroxylation is 1. The zero-order valence-electron chi connectivity index (χ0n) is 16.6. The smallest absolute Gasteiger partial charge is 0.265 e. The Morgan fingerprint density at radius 1 is 1.23 bits per heavy atom. The minimum atomic E-state index is -0.931. The average Bonchev–Trinajstić information content (AvgIpc) is 3.09. The molecule has 7 heteroatoms. The number of piperidine rings is 1. The number of nitrogens with zero attached hydrogens (tertiary/aromatic N) is 2. The van der Waals surface area contributed by atoms with Gasteiger partial charge < -0.3 is 10.0 Å². The lowest BCUT2D eigenvalue weighted by atomic mass is 9.85. The standard InChI is InChI=1S/C23H22ClFN2O2S/c1-15-20(30-21(26-15)17-5-3-6-18(24)13-17)22(28)27-10-8-23(29,9-11-27)14-16-4-2-7-19(25)12-16/h2-7,12-13,29H,8-11,14H2,1H3. The van der Waals surface area contributed by atoms with Crippen molar-refractivity contribution in [1.29, 1.82) is 0 Å². The fraction of sp³-hybridized carbons (Fsp3) is 0.304. The Hall–Kier alpha value is -2.28. The van der Waals surface area contributed by atoms with Gasteiger partial charge >= 0.3 is 0 Å². The van der Waals surface area contributed by atoms with E-state index in [0.717, 1.165) is 16.1 Å². The van der Waals surface area contributed by atoms with Crippen LogP contribution in [-0.4, -0.2) is 39.6 Å². The SMILES string of the molecule is Cc1nc(-c2cccc(Cl)c2)sc1C(=O)N1CCC(O)(Cc2cccc(F)c2)CC1. The van der Waals surface area contributed by atoms with Gasteiger partial charge in [-0.25, -0.2) is 9.37 Å². The van der Waals surface area contributed by atoms with Crippen molar-refractivity contribution in [2.75, 3.05) is 13.1 Å². The Bertz CT molecular complexity index is 1080. The number of carbonyl (C=O) groups excluding carboxylic acids is 1. The van der Waals surface area contributed by atoms with Crippen molar-refractivity contribution in [1.82, 2.24) is 9.88 Å². The molecule has 1 aliphatic heterocycles. The van der Waals surface area contributed by atoms with Crippen molar-refractivity contribution in [3.05, 3.63) is 75.5 Å². The first-order chi connectivity index (χ1) is 14.3. The van der Waals surface area contributed by atoms with E-state index in [-0.39, 0.29) is 11.7 Å². The normalized spacial score (nSPS) is 15.9. The van der Waals surface area contributed by atoms with E-state index >= 15 is 0 Å². The molecule has 1 N–H and O–H groups in total. The van der Waals surface area contributed by atoms with Gasteiger partial charge in [-0.15, -0.1) is 11.3 Å². The van der Waals surface area contributed by atoms with Crippen molar-refractivity contribution >= 4 is 28.8 Å². The van der Waals surface area contributed by atoms with Crippen LogP contribution in [0.25, 0.3) is 10.6 Å². The van der Waals surface area contributed by atoms with Crippen molar-refractivity contribution in [3.8, 4) is 10.6 Å². The molecule has 0 aliphatic carbocycles. The Morgan fingerprint density at radius 3 is 2.67 bits per heavy atom. The average molecular weight is 445 g/mol. The highest BCUT2D eigenvalue weighted by molar-refractivity contribution is 7.17. The largest absolute Gasteiger partial charge is 0.389 e. The molecule has 0 radical (unpaired) electrons. The van der Waals surface area contributed by atoms with Crippen molar-refractivity contribution in [3.63, 3.8) is 0 Å². The zero-order valence-corrected chi connectivity index (χ0v) is 18.1. The van der Waals surface area contributed by atoms with E-state index in [2.05, 4.69) is 4.98 Å². The van der Waals surface area contributed by atoms with Gasteiger partial charge in [-0.3, -0.25) is 4.79 Å². The second-order valence-corrected chi connectivity index (χ2v) is 9.20. The lowest BCUT2D eigenvalue weighted by Crippen LogP contribution is -2.47. The molecule has 1 saturated heterocycles. The van der Waals surface area contributed by atoms with Gasteiger partial charge in [-0.1, -0.05) is 35.9 Å². The number of aliphatic hydroxyl groups is 1. The third-order valence-electron chi connectivity index (χ3n) is 5.47. The van der Waals surface area contributed by atoms with E-state index in [1.807, 2.05) is 31.2 Å². The number of hydrogen-bond acceptors (Lipinski definition) is 4. The van der Waals surface area contributed by atoms with E-state index in [1.54, 1.807) is 17.0 Å². The van der Waals surface area contributed by atoms with Crippen LogP contribution in [-0.2, 0) is 6.42 Å². The molecular weight excluding hydrogens is 423 g/mol. The minimum Gasteiger partial charge on any atom is -0.389 e. The highest BCUT2D eigenvalue weighted by Crippen LogP contribution is 2.32. The summed E-state index contributed by atoms with van der Waals surface area (Å²) in [5, 5.41) is 12.3. The maximum atomic E-state index is 13.4. The van der Waals surface area contributed by atoms with E-state index in [4.69, 9.17) is 11.6 Å². The topological polar surface area (TPSA) is 53.4 Å². The van der Waals surface area contributed by atoms with Gasteiger partial charge in [0.15, 0.2) is 0 Å². The first-order valence-electron chi connectivity index (χ1n) is 9.82. The number of benzene rings is 2. The molecule has 4 nitrogen and oxygen atoms in total.